The highest BCUT2D eigenvalue weighted by Gasteiger charge is 2.34. The zero-order chi connectivity index (χ0) is 22.6. The molecule has 3 rings (SSSR count). The van der Waals surface area contributed by atoms with E-state index >= 15 is 0 Å². The topological polar surface area (TPSA) is 48.0 Å². The molecule has 0 bridgehead atoms. The molecule has 0 saturated carbocycles. The van der Waals surface area contributed by atoms with E-state index in [4.69, 9.17) is 14.2 Å². The second-order valence-corrected chi connectivity index (χ2v) is 9.52. The van der Waals surface area contributed by atoms with Gasteiger partial charge in [-0.05, 0) is 76.4 Å². The molecule has 1 aliphatic heterocycles. The van der Waals surface area contributed by atoms with Crippen molar-refractivity contribution in [3.05, 3.63) is 59.2 Å². The van der Waals surface area contributed by atoms with E-state index < -0.39 is 11.2 Å². The number of ether oxygens (including phenoxy) is 3. The Morgan fingerprint density at radius 3 is 2.52 bits per heavy atom. The maximum atomic E-state index is 12.1. The predicted octanol–water partition coefficient (Wildman–Crippen LogP) is 5.37. The van der Waals surface area contributed by atoms with E-state index in [0.717, 1.165) is 35.7 Å². The van der Waals surface area contributed by atoms with E-state index in [1.165, 1.54) is 5.56 Å². The molecule has 168 valence electrons. The van der Waals surface area contributed by atoms with Gasteiger partial charge in [0.2, 0.25) is 0 Å². The van der Waals surface area contributed by atoms with Gasteiger partial charge in [0.15, 0.2) is 0 Å². The molecule has 0 aromatic heterocycles. The molecule has 0 N–H and O–H groups in total. The summed E-state index contributed by atoms with van der Waals surface area (Å²) in [5.41, 5.74) is 2.59. The molecular formula is C26H35NO4. The summed E-state index contributed by atoms with van der Waals surface area (Å²) in [5.74, 6) is 1.52. The minimum absolute atomic E-state index is 0.159. The molecule has 5 heteroatoms. The van der Waals surface area contributed by atoms with Gasteiger partial charge in [-0.3, -0.25) is 9.69 Å². The Kier molecular flexibility index (Phi) is 7.07. The fourth-order valence-electron chi connectivity index (χ4n) is 3.80. The molecule has 2 aromatic carbocycles. The van der Waals surface area contributed by atoms with Crippen LogP contribution >= 0.6 is 0 Å². The van der Waals surface area contributed by atoms with Gasteiger partial charge in [0, 0.05) is 19.6 Å². The number of morpholine rings is 1. The van der Waals surface area contributed by atoms with Crippen LogP contribution in [0.2, 0.25) is 0 Å². The summed E-state index contributed by atoms with van der Waals surface area (Å²) in [6.45, 7) is 14.8. The second-order valence-electron chi connectivity index (χ2n) is 9.52. The third-order valence-corrected chi connectivity index (χ3v) is 5.65. The van der Waals surface area contributed by atoms with Gasteiger partial charge in [-0.25, -0.2) is 0 Å². The van der Waals surface area contributed by atoms with Crippen LogP contribution in [0.4, 0.5) is 0 Å². The van der Waals surface area contributed by atoms with Crippen molar-refractivity contribution in [1.29, 1.82) is 0 Å². The number of aryl methyl sites for hydroxylation is 1. The van der Waals surface area contributed by atoms with Crippen LogP contribution in [0.25, 0.3) is 0 Å². The lowest BCUT2D eigenvalue weighted by atomic mass is 9.93. The van der Waals surface area contributed by atoms with Crippen LogP contribution < -0.4 is 4.74 Å². The van der Waals surface area contributed by atoms with Crippen molar-refractivity contribution in [2.24, 2.45) is 0 Å². The summed E-state index contributed by atoms with van der Waals surface area (Å²) < 4.78 is 17.7. The molecule has 1 heterocycles. The maximum Gasteiger partial charge on any atom is 0.307 e. The zero-order valence-electron chi connectivity index (χ0n) is 19.7. The van der Waals surface area contributed by atoms with E-state index in [2.05, 4.69) is 43.9 Å². The zero-order valence-corrected chi connectivity index (χ0v) is 19.7. The molecule has 0 aliphatic carbocycles. The molecule has 2 aromatic rings. The van der Waals surface area contributed by atoms with Crippen molar-refractivity contribution in [3.63, 3.8) is 0 Å². The van der Waals surface area contributed by atoms with E-state index in [-0.39, 0.29) is 5.97 Å². The van der Waals surface area contributed by atoms with Crippen LogP contribution in [0.15, 0.2) is 42.5 Å². The third kappa shape index (κ3) is 6.31. The summed E-state index contributed by atoms with van der Waals surface area (Å²) in [6, 6.07) is 14.2. The highest BCUT2D eigenvalue weighted by Crippen LogP contribution is 2.32. The van der Waals surface area contributed by atoms with Crippen LogP contribution in [-0.2, 0) is 19.9 Å². The molecular weight excluding hydrogens is 390 g/mol. The smallest absolute Gasteiger partial charge is 0.307 e. The first-order valence-corrected chi connectivity index (χ1v) is 11.0. The van der Waals surface area contributed by atoms with Crippen molar-refractivity contribution in [3.8, 4) is 11.5 Å². The molecule has 31 heavy (non-hydrogen) atoms. The Balaban J connectivity index is 1.62. The van der Waals surface area contributed by atoms with Crippen molar-refractivity contribution < 1.29 is 19.0 Å². The minimum Gasteiger partial charge on any atom is -0.460 e. The summed E-state index contributed by atoms with van der Waals surface area (Å²) in [5, 5.41) is 0. The molecule has 1 atom stereocenters. The first-order chi connectivity index (χ1) is 14.6. The average Bonchev–Trinajstić information content (AvgIpc) is 2.69. The van der Waals surface area contributed by atoms with Crippen molar-refractivity contribution in [2.75, 3.05) is 26.2 Å². The normalized spacial score (nSPS) is 19.8. The van der Waals surface area contributed by atoms with E-state index in [0.29, 0.717) is 19.6 Å². The molecule has 0 amide bonds. The number of rotatable bonds is 6. The van der Waals surface area contributed by atoms with Gasteiger partial charge < -0.3 is 14.2 Å². The van der Waals surface area contributed by atoms with Crippen molar-refractivity contribution in [1.82, 2.24) is 4.90 Å². The summed E-state index contributed by atoms with van der Waals surface area (Å²) in [6.07, 6.45) is 0.385. The second kappa shape index (κ2) is 9.41. The molecule has 1 aliphatic rings. The molecule has 1 unspecified atom stereocenters. The van der Waals surface area contributed by atoms with Gasteiger partial charge in [0.1, 0.15) is 22.7 Å². The lowest BCUT2D eigenvalue weighted by molar-refractivity contribution is -0.156. The number of esters is 1. The lowest BCUT2D eigenvalue weighted by Gasteiger charge is -2.41. The SMILES string of the molecule is Cc1cccc(Oc2ccc(C3(C)CN(CCC(=O)OC(C)(C)C)CCO3)cc2)c1C. The van der Waals surface area contributed by atoms with Crippen molar-refractivity contribution >= 4 is 5.97 Å². The van der Waals surface area contributed by atoms with Crippen molar-refractivity contribution in [2.45, 2.75) is 59.2 Å². The Morgan fingerprint density at radius 2 is 1.84 bits per heavy atom. The minimum atomic E-state index is -0.447. The quantitative estimate of drug-likeness (QED) is 0.582. The largest absolute Gasteiger partial charge is 0.460 e. The van der Waals surface area contributed by atoms with E-state index in [1.807, 2.05) is 45.0 Å². The first kappa shape index (κ1) is 23.3. The molecule has 1 saturated heterocycles. The Bertz CT molecular complexity index is 901. The number of nitrogens with zero attached hydrogens (tertiary/aromatic N) is 1. The van der Waals surface area contributed by atoms with Gasteiger partial charge in [-0.15, -0.1) is 0 Å². The van der Waals surface area contributed by atoms with Crippen LogP contribution in [0.5, 0.6) is 11.5 Å². The number of hydrogen-bond acceptors (Lipinski definition) is 5. The third-order valence-electron chi connectivity index (χ3n) is 5.65. The predicted molar refractivity (Wildman–Crippen MR) is 123 cm³/mol. The number of carbonyl (C=O) groups is 1. The van der Waals surface area contributed by atoms with Crippen LogP contribution in [0.3, 0.4) is 0 Å². The highest BCUT2D eigenvalue weighted by molar-refractivity contribution is 5.70. The summed E-state index contributed by atoms with van der Waals surface area (Å²) >= 11 is 0. The van der Waals surface area contributed by atoms with E-state index in [1.54, 1.807) is 0 Å². The maximum absolute atomic E-state index is 12.1. The van der Waals surface area contributed by atoms with Crippen LogP contribution in [0.1, 0.15) is 50.8 Å². The first-order valence-electron chi connectivity index (χ1n) is 11.0. The monoisotopic (exact) mass is 425 g/mol. The van der Waals surface area contributed by atoms with Gasteiger partial charge in [0.25, 0.3) is 0 Å². The fraction of sp³-hybridized carbons (Fsp3) is 0.500. The van der Waals surface area contributed by atoms with Crippen LogP contribution in [0, 0.1) is 13.8 Å². The number of hydrogen-bond donors (Lipinski definition) is 0. The Labute approximate surface area is 186 Å². The van der Waals surface area contributed by atoms with E-state index in [9.17, 15) is 4.79 Å². The van der Waals surface area contributed by atoms with Crippen LogP contribution in [-0.4, -0.2) is 42.7 Å². The Hall–Kier alpha value is -2.37. The molecule has 1 fully saturated rings. The standard InChI is InChI=1S/C26H35NO4/c1-19-8-7-9-23(20(19)2)30-22-12-10-21(11-13-22)26(6)18-27(16-17-29-26)15-14-24(28)31-25(3,4)5/h7-13H,14-18H2,1-6H3. The Morgan fingerprint density at radius 1 is 1.13 bits per heavy atom. The highest BCUT2D eigenvalue weighted by atomic mass is 16.6. The molecule has 0 spiro atoms. The average molecular weight is 426 g/mol. The molecule has 0 radical (unpaired) electrons. The lowest BCUT2D eigenvalue weighted by Crippen LogP contribution is -2.48. The van der Waals surface area contributed by atoms with Gasteiger partial charge >= 0.3 is 5.97 Å². The molecule has 5 nitrogen and oxygen atoms in total. The fourth-order valence-corrected chi connectivity index (χ4v) is 3.80. The summed E-state index contributed by atoms with van der Waals surface area (Å²) in [4.78, 5) is 14.3. The van der Waals surface area contributed by atoms with Gasteiger partial charge in [0.05, 0.1) is 13.0 Å². The van der Waals surface area contributed by atoms with Gasteiger partial charge in [-0.1, -0.05) is 24.3 Å². The summed E-state index contributed by atoms with van der Waals surface area (Å²) in [7, 11) is 0. The number of carbonyl (C=O) groups excluding carboxylic acids is 1. The van der Waals surface area contributed by atoms with Gasteiger partial charge in [-0.2, -0.15) is 0 Å². The number of benzene rings is 2.